The van der Waals surface area contributed by atoms with Crippen molar-refractivity contribution in [1.29, 1.82) is 0 Å². The zero-order valence-electron chi connectivity index (χ0n) is 12.0. The van der Waals surface area contributed by atoms with Crippen molar-refractivity contribution in [3.63, 3.8) is 0 Å². The summed E-state index contributed by atoms with van der Waals surface area (Å²) in [6, 6.07) is 6.77. The van der Waals surface area contributed by atoms with E-state index in [1.54, 1.807) is 0 Å². The third-order valence-electron chi connectivity index (χ3n) is 4.62. The molecule has 2 fully saturated rings. The Kier molecular flexibility index (Phi) is 4.49. The minimum absolute atomic E-state index is 0.654. The van der Waals surface area contributed by atoms with Crippen LogP contribution in [-0.2, 0) is 6.54 Å². The second-order valence-electron chi connectivity index (χ2n) is 6.13. The summed E-state index contributed by atoms with van der Waals surface area (Å²) in [6.07, 6.45) is 5.48. The molecule has 0 saturated carbocycles. The van der Waals surface area contributed by atoms with Gasteiger partial charge in [0, 0.05) is 25.7 Å². The number of hydrogen-bond donors (Lipinski definition) is 1. The van der Waals surface area contributed by atoms with Crippen LogP contribution in [0.3, 0.4) is 0 Å². The molecule has 1 unspecified atom stereocenters. The van der Waals surface area contributed by atoms with Crippen molar-refractivity contribution in [3.8, 4) is 0 Å². The van der Waals surface area contributed by atoms with E-state index in [1.807, 2.05) is 12.1 Å². The summed E-state index contributed by atoms with van der Waals surface area (Å²) in [5, 5.41) is 0.654. The maximum absolute atomic E-state index is 5.98. The average Bonchev–Trinajstić information content (AvgIpc) is 2.92. The summed E-state index contributed by atoms with van der Waals surface area (Å²) in [6.45, 7) is 5.98. The molecular weight excluding hydrogens is 270 g/mol. The van der Waals surface area contributed by atoms with E-state index < -0.39 is 0 Å². The molecule has 0 spiro atoms. The van der Waals surface area contributed by atoms with Crippen LogP contribution in [0.1, 0.15) is 31.2 Å². The predicted molar refractivity (Wildman–Crippen MR) is 85.0 cm³/mol. The SMILES string of the molecule is Nc1cc(CN2CCC(N3CCCCC3)C2)ccc1Cl. The van der Waals surface area contributed by atoms with Crippen molar-refractivity contribution in [2.45, 2.75) is 38.3 Å². The zero-order valence-corrected chi connectivity index (χ0v) is 12.8. The molecule has 3 nitrogen and oxygen atoms in total. The minimum Gasteiger partial charge on any atom is -0.398 e. The van der Waals surface area contributed by atoms with Crippen molar-refractivity contribution in [2.75, 3.05) is 31.9 Å². The Hall–Kier alpha value is -0.770. The van der Waals surface area contributed by atoms with Gasteiger partial charge in [-0.25, -0.2) is 0 Å². The lowest BCUT2D eigenvalue weighted by molar-refractivity contribution is 0.161. The maximum Gasteiger partial charge on any atom is 0.0635 e. The number of halogens is 1. The molecule has 3 rings (SSSR count). The third kappa shape index (κ3) is 3.27. The lowest BCUT2D eigenvalue weighted by Gasteiger charge is -2.32. The normalized spacial score (nSPS) is 25.1. The lowest BCUT2D eigenvalue weighted by atomic mass is 10.1. The number of piperidine rings is 1. The number of likely N-dealkylation sites (tertiary alicyclic amines) is 2. The van der Waals surface area contributed by atoms with Gasteiger partial charge in [0.15, 0.2) is 0 Å². The fourth-order valence-electron chi connectivity index (χ4n) is 3.49. The molecule has 2 N–H and O–H groups in total. The van der Waals surface area contributed by atoms with Gasteiger partial charge in [-0.2, -0.15) is 0 Å². The Labute approximate surface area is 126 Å². The van der Waals surface area contributed by atoms with Gasteiger partial charge in [-0.15, -0.1) is 0 Å². The molecule has 0 amide bonds. The van der Waals surface area contributed by atoms with Gasteiger partial charge in [0.05, 0.1) is 10.7 Å². The quantitative estimate of drug-likeness (QED) is 0.870. The highest BCUT2D eigenvalue weighted by molar-refractivity contribution is 6.33. The summed E-state index contributed by atoms with van der Waals surface area (Å²) in [4.78, 5) is 5.24. The molecule has 0 bridgehead atoms. The van der Waals surface area contributed by atoms with Crippen LogP contribution < -0.4 is 5.73 Å². The number of hydrogen-bond acceptors (Lipinski definition) is 3. The van der Waals surface area contributed by atoms with E-state index in [2.05, 4.69) is 15.9 Å². The molecule has 0 aliphatic carbocycles. The molecule has 4 heteroatoms. The number of benzene rings is 1. The van der Waals surface area contributed by atoms with Crippen molar-refractivity contribution >= 4 is 17.3 Å². The number of nitrogen functional groups attached to an aromatic ring is 1. The number of rotatable bonds is 3. The van der Waals surface area contributed by atoms with E-state index in [4.69, 9.17) is 17.3 Å². The van der Waals surface area contributed by atoms with E-state index in [-0.39, 0.29) is 0 Å². The average molecular weight is 294 g/mol. The fraction of sp³-hybridized carbons (Fsp3) is 0.625. The molecule has 2 aliphatic rings. The van der Waals surface area contributed by atoms with Crippen LogP contribution in [0.25, 0.3) is 0 Å². The molecule has 1 aromatic carbocycles. The standard InChI is InChI=1S/C16H24ClN3/c17-15-5-4-13(10-16(15)18)11-19-9-6-14(12-19)20-7-2-1-3-8-20/h4-5,10,14H,1-3,6-9,11-12,18H2. The maximum atomic E-state index is 5.98. The van der Waals surface area contributed by atoms with Gasteiger partial charge < -0.3 is 5.73 Å². The summed E-state index contributed by atoms with van der Waals surface area (Å²) in [5.41, 5.74) is 7.84. The van der Waals surface area contributed by atoms with Crippen LogP contribution in [0.4, 0.5) is 5.69 Å². The third-order valence-corrected chi connectivity index (χ3v) is 4.97. The molecule has 110 valence electrons. The Bertz CT molecular complexity index is 457. The Morgan fingerprint density at radius 1 is 1.15 bits per heavy atom. The van der Waals surface area contributed by atoms with Gasteiger partial charge in [0.25, 0.3) is 0 Å². The van der Waals surface area contributed by atoms with Crippen molar-refractivity contribution < 1.29 is 0 Å². The first-order valence-corrected chi connectivity index (χ1v) is 8.10. The number of nitrogens with two attached hydrogens (primary N) is 1. The van der Waals surface area contributed by atoms with Crippen LogP contribution in [0, 0.1) is 0 Å². The van der Waals surface area contributed by atoms with Crippen LogP contribution in [-0.4, -0.2) is 42.0 Å². The molecular formula is C16H24ClN3. The van der Waals surface area contributed by atoms with Crippen LogP contribution in [0.5, 0.6) is 0 Å². The van der Waals surface area contributed by atoms with E-state index in [0.29, 0.717) is 10.7 Å². The van der Waals surface area contributed by atoms with Gasteiger partial charge in [-0.1, -0.05) is 24.1 Å². The second kappa shape index (κ2) is 6.33. The van der Waals surface area contributed by atoms with Crippen molar-refractivity contribution in [2.24, 2.45) is 0 Å². The highest BCUT2D eigenvalue weighted by Gasteiger charge is 2.28. The molecule has 2 saturated heterocycles. The number of anilines is 1. The van der Waals surface area contributed by atoms with Gasteiger partial charge in [0.1, 0.15) is 0 Å². The largest absolute Gasteiger partial charge is 0.398 e. The highest BCUT2D eigenvalue weighted by Crippen LogP contribution is 2.24. The van der Waals surface area contributed by atoms with Crippen LogP contribution in [0.15, 0.2) is 18.2 Å². The molecule has 2 aliphatic heterocycles. The lowest BCUT2D eigenvalue weighted by Crippen LogP contribution is -2.40. The Morgan fingerprint density at radius 2 is 1.95 bits per heavy atom. The van der Waals surface area contributed by atoms with Crippen molar-refractivity contribution in [3.05, 3.63) is 28.8 Å². The zero-order chi connectivity index (χ0) is 13.9. The van der Waals surface area contributed by atoms with Crippen LogP contribution >= 0.6 is 11.6 Å². The Morgan fingerprint density at radius 3 is 2.70 bits per heavy atom. The van der Waals surface area contributed by atoms with E-state index in [0.717, 1.165) is 12.6 Å². The number of nitrogens with zero attached hydrogens (tertiary/aromatic N) is 2. The highest BCUT2D eigenvalue weighted by atomic mass is 35.5. The minimum atomic E-state index is 0.654. The first-order valence-electron chi connectivity index (χ1n) is 7.73. The molecule has 20 heavy (non-hydrogen) atoms. The Balaban J connectivity index is 1.55. The predicted octanol–water partition coefficient (Wildman–Crippen LogP) is 2.98. The second-order valence-corrected chi connectivity index (χ2v) is 6.54. The molecule has 1 aromatic rings. The molecule has 1 atom stereocenters. The smallest absolute Gasteiger partial charge is 0.0635 e. The fourth-order valence-corrected chi connectivity index (χ4v) is 3.60. The summed E-state index contributed by atoms with van der Waals surface area (Å²) < 4.78 is 0. The van der Waals surface area contributed by atoms with Gasteiger partial charge in [-0.05, 0) is 50.0 Å². The summed E-state index contributed by atoms with van der Waals surface area (Å²) in [7, 11) is 0. The van der Waals surface area contributed by atoms with Gasteiger partial charge in [-0.3, -0.25) is 9.80 Å². The van der Waals surface area contributed by atoms with Crippen LogP contribution in [0.2, 0.25) is 5.02 Å². The molecule has 0 radical (unpaired) electrons. The summed E-state index contributed by atoms with van der Waals surface area (Å²) >= 11 is 5.98. The topological polar surface area (TPSA) is 32.5 Å². The molecule has 0 aromatic heterocycles. The summed E-state index contributed by atoms with van der Waals surface area (Å²) in [5.74, 6) is 0. The van der Waals surface area contributed by atoms with E-state index in [9.17, 15) is 0 Å². The van der Waals surface area contributed by atoms with E-state index in [1.165, 1.54) is 57.4 Å². The van der Waals surface area contributed by atoms with Crippen molar-refractivity contribution in [1.82, 2.24) is 9.80 Å². The van der Waals surface area contributed by atoms with E-state index >= 15 is 0 Å². The molecule has 2 heterocycles. The first-order chi connectivity index (χ1) is 9.72. The van der Waals surface area contributed by atoms with Gasteiger partial charge in [0.2, 0.25) is 0 Å². The van der Waals surface area contributed by atoms with Gasteiger partial charge >= 0.3 is 0 Å². The first kappa shape index (κ1) is 14.2. The monoisotopic (exact) mass is 293 g/mol.